The van der Waals surface area contributed by atoms with Crippen LogP contribution in [-0.2, 0) is 73.5 Å². The van der Waals surface area contributed by atoms with Gasteiger partial charge >= 0.3 is 0 Å². The number of rotatable bonds is 23. The lowest BCUT2D eigenvalue weighted by molar-refractivity contribution is -0.143. The molecule has 0 spiro atoms. The second kappa shape index (κ2) is 44.9. The summed E-state index contributed by atoms with van der Waals surface area (Å²) < 4.78 is 6.00. The number of nitrogens with one attached hydrogen (secondary N) is 12. The minimum absolute atomic E-state index is 0.00293. The summed E-state index contributed by atoms with van der Waals surface area (Å²) in [7, 11) is 0. The number of nitrogens with zero attached hydrogens (tertiary/aromatic N) is 1. The number of hydrogen-bond acceptors (Lipinski definition) is 19. The zero-order chi connectivity index (χ0) is 78.4. The van der Waals surface area contributed by atoms with Crippen LogP contribution in [0.5, 0.6) is 0 Å². The van der Waals surface area contributed by atoms with E-state index in [1.54, 1.807) is 71.9 Å². The van der Waals surface area contributed by atoms with E-state index in [2.05, 4.69) is 63.8 Å². The Morgan fingerprint density at radius 2 is 0.752 bits per heavy atom. The van der Waals surface area contributed by atoms with Crippen molar-refractivity contribution in [1.82, 2.24) is 68.7 Å². The summed E-state index contributed by atoms with van der Waals surface area (Å²) in [6.45, 7) is 21.2. The van der Waals surface area contributed by atoms with Crippen LogP contribution in [0.1, 0.15) is 179 Å². The van der Waals surface area contributed by atoms with Gasteiger partial charge < -0.3 is 101 Å². The molecule has 13 amide bonds. The van der Waals surface area contributed by atoms with Gasteiger partial charge in [0.2, 0.25) is 76.8 Å². The average molecular weight is 1480 g/mol. The lowest BCUT2D eigenvalue weighted by atomic mass is 9.99. The predicted molar refractivity (Wildman–Crippen MR) is 394 cm³/mol. The van der Waals surface area contributed by atoms with Crippen LogP contribution in [-0.4, -0.2) is 217 Å². The van der Waals surface area contributed by atoms with Gasteiger partial charge in [-0.05, 0) is 151 Å². The Bertz CT molecular complexity index is 3030. The smallest absolute Gasteiger partial charge is 0.249 e. The first kappa shape index (κ1) is 89.5. The number of aliphatic hydroxyl groups excluding tert-OH is 1. The van der Waals surface area contributed by atoms with Crippen molar-refractivity contribution in [2.75, 3.05) is 39.3 Å². The first-order valence-corrected chi connectivity index (χ1v) is 37.7. The van der Waals surface area contributed by atoms with Gasteiger partial charge in [-0.25, -0.2) is 0 Å². The van der Waals surface area contributed by atoms with Crippen molar-refractivity contribution in [2.24, 2.45) is 58.4 Å². The minimum atomic E-state index is -1.32. The summed E-state index contributed by atoms with van der Waals surface area (Å²) in [5, 5.41) is 44.5. The van der Waals surface area contributed by atoms with Crippen LogP contribution in [0.2, 0.25) is 0 Å². The van der Waals surface area contributed by atoms with Gasteiger partial charge in [0, 0.05) is 25.9 Å². The third kappa shape index (κ3) is 29.1. The summed E-state index contributed by atoms with van der Waals surface area (Å²) in [5.41, 5.74) is 24.4. The van der Waals surface area contributed by atoms with Crippen molar-refractivity contribution >= 4 is 76.8 Å². The molecule has 3 heterocycles. The molecule has 0 aliphatic carbocycles. The molecular formula is C73H125N17O15. The molecule has 0 saturated carbocycles. The lowest BCUT2D eigenvalue weighted by Gasteiger charge is -2.32. The molecule has 15 atom stereocenters. The maximum Gasteiger partial charge on any atom is 0.249 e. The third-order valence-corrected chi connectivity index (χ3v) is 18.8. The Hall–Kier alpha value is -7.91. The predicted octanol–water partition coefficient (Wildman–Crippen LogP) is -1.74. The summed E-state index contributed by atoms with van der Waals surface area (Å²) >= 11 is 0. The van der Waals surface area contributed by atoms with Crippen LogP contribution in [0.15, 0.2) is 30.3 Å². The zero-order valence-electron chi connectivity index (χ0n) is 63.8. The first-order chi connectivity index (χ1) is 49.6. The molecule has 1 aromatic rings. The molecule has 0 unspecified atom stereocenters. The summed E-state index contributed by atoms with van der Waals surface area (Å²) in [6.07, 6.45) is -2.29. The zero-order valence-corrected chi connectivity index (χ0v) is 63.8. The molecule has 3 fully saturated rings. The summed E-state index contributed by atoms with van der Waals surface area (Å²) in [4.78, 5) is 190. The number of benzene rings is 1. The standard InChI is InChI=1S/C73H125N17O15/c1-39(2)33-50-65(96)79-48(25-18-30-76)63(94)87-58(42(7)8)70(101)78-38-57-55(91)37-56(105-57)69(100)85-52(35-41(5)6)66(97)80-49(26-19-31-77)64(95)88-59(43(9)10)71(102)81-46(23-16-28-74)62(93)84-51(34-40(3)4)67(98)86-53(36-45-21-14-13-15-22-45)73(104)90-32-20-27-54(90)68(99)89-60(44(11)12)72(103)82-47(24-17-29-75)61(92)83-50/h13-15,21-22,39-44,46-60,91H,16-20,23-38,74-77H2,1-12H3,(H,78,101)(H,79,96)(H,80,97)(H,81,102)(H,82,103)(H,83,92)(H,84,93)(H,85,100)(H,86,98)(H,87,94)(H,88,95)(H,89,99)/t46-,47-,48-,49-,50-,51-,52-,53+,54-,55-,56+,57+,58-,59-,60-/m0/s1. The van der Waals surface area contributed by atoms with E-state index in [1.165, 1.54) is 4.90 Å². The van der Waals surface area contributed by atoms with Gasteiger partial charge in [-0.15, -0.1) is 0 Å². The number of carbonyl (C=O) groups is 13. The molecule has 32 heteroatoms. The molecule has 105 heavy (non-hydrogen) atoms. The SMILES string of the molecule is CC(C)C[C@@H]1NC(=O)[C@H](CCCN)NC(=O)[C@H](C(C)C)NC(=O)[C@@H]2CCCN2C(=O)[C@@H](Cc2ccccc2)NC(=O)[C@H](CC(C)C)NC(=O)[C@H](CCCN)NC(=O)[C@H](C(C)C)NC(=O)[C@H](CCCN)NC(=O)[C@H](CC(C)C)NC(=O)[C@H]2C[C@H](O)[C@@H](CNC(=O)[C@H](C(C)C)NC(=O)[C@H](CCCN)NC1=O)O2. The topological polar surface area (TPSA) is 503 Å². The van der Waals surface area contributed by atoms with Gasteiger partial charge in [0.05, 0.1) is 6.10 Å². The normalized spacial score (nSPS) is 28.1. The molecule has 1 aromatic carbocycles. The Balaban J connectivity index is 1.82. The molecule has 3 aliphatic heterocycles. The third-order valence-electron chi connectivity index (χ3n) is 18.8. The molecule has 32 nitrogen and oxygen atoms in total. The number of hydrogen-bond donors (Lipinski definition) is 17. The van der Waals surface area contributed by atoms with Gasteiger partial charge in [-0.3, -0.25) is 62.3 Å². The molecule has 0 radical (unpaired) electrons. The number of ether oxygens (including phenoxy) is 1. The van der Waals surface area contributed by atoms with Crippen molar-refractivity contribution in [1.29, 1.82) is 0 Å². The number of aliphatic hydroxyl groups is 1. The molecule has 3 aliphatic rings. The lowest BCUT2D eigenvalue weighted by Crippen LogP contribution is -2.61. The number of amides is 13. The highest BCUT2D eigenvalue weighted by Gasteiger charge is 2.44. The highest BCUT2D eigenvalue weighted by Crippen LogP contribution is 2.24. The average Bonchev–Trinajstić information content (AvgIpc) is 1.74. The van der Waals surface area contributed by atoms with Gasteiger partial charge in [0.15, 0.2) is 0 Å². The second-order valence-electron chi connectivity index (χ2n) is 30.4. The van der Waals surface area contributed by atoms with Crippen molar-refractivity contribution in [3.05, 3.63) is 35.9 Å². The van der Waals surface area contributed by atoms with Crippen molar-refractivity contribution in [3.63, 3.8) is 0 Å². The van der Waals surface area contributed by atoms with Gasteiger partial charge in [0.25, 0.3) is 0 Å². The second-order valence-corrected chi connectivity index (χ2v) is 30.4. The van der Waals surface area contributed by atoms with Crippen LogP contribution in [0.25, 0.3) is 0 Å². The first-order valence-electron chi connectivity index (χ1n) is 37.7. The van der Waals surface area contributed by atoms with Crippen LogP contribution in [0, 0.1) is 35.5 Å². The molecule has 3 saturated heterocycles. The van der Waals surface area contributed by atoms with Gasteiger partial charge in [-0.1, -0.05) is 113 Å². The fraction of sp³-hybridized carbons (Fsp3) is 0.740. The molecule has 0 aromatic heterocycles. The Morgan fingerprint density at radius 1 is 0.419 bits per heavy atom. The quantitative estimate of drug-likeness (QED) is 0.0578. The van der Waals surface area contributed by atoms with Crippen LogP contribution in [0.4, 0.5) is 0 Å². The van der Waals surface area contributed by atoms with Crippen LogP contribution in [0.3, 0.4) is 0 Å². The maximum absolute atomic E-state index is 15.1. The van der Waals surface area contributed by atoms with Crippen molar-refractivity contribution in [2.45, 2.75) is 270 Å². The maximum atomic E-state index is 15.1. The molecular weight excluding hydrogens is 1350 g/mol. The van der Waals surface area contributed by atoms with Crippen LogP contribution >= 0.6 is 0 Å². The fourth-order valence-electron chi connectivity index (χ4n) is 12.9. The minimum Gasteiger partial charge on any atom is -0.390 e. The van der Waals surface area contributed by atoms with Gasteiger partial charge in [-0.2, -0.15) is 0 Å². The van der Waals surface area contributed by atoms with E-state index in [9.17, 15) is 62.6 Å². The van der Waals surface area contributed by atoms with E-state index in [4.69, 9.17) is 27.7 Å². The summed E-state index contributed by atoms with van der Waals surface area (Å²) in [5.74, 6) is -12.0. The van der Waals surface area contributed by atoms with Crippen molar-refractivity contribution in [3.8, 4) is 0 Å². The Morgan fingerprint density at radius 3 is 1.13 bits per heavy atom. The number of fused-ring (bicyclic) bond motifs is 3. The van der Waals surface area contributed by atoms with E-state index in [0.29, 0.717) is 12.0 Å². The fourth-order valence-corrected chi connectivity index (χ4v) is 12.9. The highest BCUT2D eigenvalue weighted by atomic mass is 16.5. The largest absolute Gasteiger partial charge is 0.390 e. The van der Waals surface area contributed by atoms with E-state index in [0.717, 1.165) is 0 Å². The molecule has 21 N–H and O–H groups in total. The highest BCUT2D eigenvalue weighted by molar-refractivity contribution is 6.00. The van der Waals surface area contributed by atoms with E-state index >= 15 is 4.79 Å². The molecule has 2 bridgehead atoms. The monoisotopic (exact) mass is 1480 g/mol. The van der Waals surface area contributed by atoms with Gasteiger partial charge in [0.1, 0.15) is 84.7 Å². The molecule has 4 rings (SSSR count). The molecule has 592 valence electrons. The van der Waals surface area contributed by atoms with Crippen LogP contribution < -0.4 is 86.7 Å². The number of nitrogens with two attached hydrogens (primary N) is 4. The number of carbonyl (C=O) groups excluding carboxylic acids is 13. The Labute approximate surface area is 619 Å². The Kier molecular flexibility index (Phi) is 38.3. The van der Waals surface area contributed by atoms with E-state index in [-0.39, 0.29) is 147 Å². The van der Waals surface area contributed by atoms with Crippen molar-refractivity contribution < 1.29 is 72.2 Å². The summed E-state index contributed by atoms with van der Waals surface area (Å²) in [6, 6.07) is -6.40. The van der Waals surface area contributed by atoms with E-state index in [1.807, 2.05) is 41.5 Å². The van der Waals surface area contributed by atoms with E-state index < -0.39 is 185 Å².